The van der Waals surface area contributed by atoms with Crippen LogP contribution >= 0.6 is 11.8 Å². The number of hydrogen-bond acceptors (Lipinski definition) is 7. The second-order valence-electron chi connectivity index (χ2n) is 7.08. The average Bonchev–Trinajstić information content (AvgIpc) is 3.32. The largest absolute Gasteiger partial charge is 0.416 e. The van der Waals surface area contributed by atoms with Crippen molar-refractivity contribution in [2.45, 2.75) is 23.8 Å². The standard InChI is InChI=1S/C21H19N3O3S2/c22-12-18-3-1-2-4-19(18)17-7-5-15(6-8-17)13-28-21-24-23-20(27-21)11-16-9-10-29(25,26)14-16/h1-8,16H,9-11,13-14H2. The molecule has 8 heteroatoms. The lowest BCUT2D eigenvalue weighted by Gasteiger charge is -2.05. The summed E-state index contributed by atoms with van der Waals surface area (Å²) >= 11 is 1.45. The predicted molar refractivity (Wildman–Crippen MR) is 111 cm³/mol. The van der Waals surface area contributed by atoms with Gasteiger partial charge in [-0.3, -0.25) is 0 Å². The van der Waals surface area contributed by atoms with Crippen LogP contribution in [0.4, 0.5) is 0 Å². The quantitative estimate of drug-likeness (QED) is 0.553. The van der Waals surface area contributed by atoms with E-state index in [0.29, 0.717) is 35.3 Å². The second kappa shape index (κ2) is 8.39. The van der Waals surface area contributed by atoms with Gasteiger partial charge in [0.2, 0.25) is 5.89 Å². The van der Waals surface area contributed by atoms with Gasteiger partial charge in [0.1, 0.15) is 0 Å². The number of hydrogen-bond donors (Lipinski definition) is 0. The van der Waals surface area contributed by atoms with E-state index in [-0.39, 0.29) is 17.4 Å². The Bertz CT molecular complexity index is 1150. The highest BCUT2D eigenvalue weighted by Gasteiger charge is 2.29. The van der Waals surface area contributed by atoms with Crippen molar-refractivity contribution in [2.24, 2.45) is 5.92 Å². The monoisotopic (exact) mass is 425 g/mol. The van der Waals surface area contributed by atoms with Crippen LogP contribution in [0.15, 0.2) is 58.2 Å². The fourth-order valence-corrected chi connectivity index (χ4v) is 6.02. The molecule has 0 N–H and O–H groups in total. The molecule has 1 unspecified atom stereocenters. The highest BCUT2D eigenvalue weighted by Crippen LogP contribution is 2.27. The summed E-state index contributed by atoms with van der Waals surface area (Å²) < 4.78 is 28.8. The van der Waals surface area contributed by atoms with Crippen LogP contribution in [0.2, 0.25) is 0 Å². The molecule has 0 aliphatic carbocycles. The zero-order valence-corrected chi connectivity index (χ0v) is 17.2. The third kappa shape index (κ3) is 4.86. The van der Waals surface area contributed by atoms with Gasteiger partial charge in [0.25, 0.3) is 5.22 Å². The molecule has 1 aromatic heterocycles. The van der Waals surface area contributed by atoms with Crippen molar-refractivity contribution in [2.75, 3.05) is 11.5 Å². The number of thioether (sulfide) groups is 1. The molecular weight excluding hydrogens is 406 g/mol. The molecule has 0 spiro atoms. The predicted octanol–water partition coefficient (Wildman–Crippen LogP) is 3.88. The Morgan fingerprint density at radius 2 is 1.93 bits per heavy atom. The smallest absolute Gasteiger partial charge is 0.276 e. The maximum absolute atomic E-state index is 11.6. The lowest BCUT2D eigenvalue weighted by Crippen LogP contribution is -2.07. The molecule has 1 atom stereocenters. The Hall–Kier alpha value is -2.63. The van der Waals surface area contributed by atoms with Crippen molar-refractivity contribution in [3.8, 4) is 17.2 Å². The summed E-state index contributed by atoms with van der Waals surface area (Å²) in [4.78, 5) is 0. The molecule has 0 bridgehead atoms. The summed E-state index contributed by atoms with van der Waals surface area (Å²) in [5.41, 5.74) is 3.69. The lowest BCUT2D eigenvalue weighted by molar-refractivity contribution is 0.389. The minimum atomic E-state index is -2.90. The van der Waals surface area contributed by atoms with Crippen LogP contribution in [0.25, 0.3) is 11.1 Å². The van der Waals surface area contributed by atoms with Gasteiger partial charge >= 0.3 is 0 Å². The molecular formula is C21H19N3O3S2. The molecule has 1 saturated heterocycles. The fraction of sp³-hybridized carbons (Fsp3) is 0.286. The molecule has 1 fully saturated rings. The van der Waals surface area contributed by atoms with Crippen LogP contribution < -0.4 is 0 Å². The first-order valence-corrected chi connectivity index (χ1v) is 12.1. The van der Waals surface area contributed by atoms with Crippen LogP contribution in [0.3, 0.4) is 0 Å². The molecule has 0 amide bonds. The second-order valence-corrected chi connectivity index (χ2v) is 10.2. The van der Waals surface area contributed by atoms with E-state index >= 15 is 0 Å². The van der Waals surface area contributed by atoms with Gasteiger partial charge < -0.3 is 4.42 Å². The van der Waals surface area contributed by atoms with E-state index in [1.54, 1.807) is 0 Å². The molecule has 6 nitrogen and oxygen atoms in total. The normalized spacial score (nSPS) is 17.8. The van der Waals surface area contributed by atoms with Gasteiger partial charge in [-0.25, -0.2) is 8.42 Å². The van der Waals surface area contributed by atoms with Crippen LogP contribution in [0.1, 0.15) is 23.4 Å². The number of aromatic nitrogens is 2. The molecule has 148 valence electrons. The molecule has 0 saturated carbocycles. The van der Waals surface area contributed by atoms with E-state index in [0.717, 1.165) is 16.7 Å². The molecule has 0 radical (unpaired) electrons. The molecule has 3 aromatic rings. The minimum Gasteiger partial charge on any atom is -0.416 e. The lowest BCUT2D eigenvalue weighted by atomic mass is 10.00. The van der Waals surface area contributed by atoms with E-state index < -0.39 is 9.84 Å². The fourth-order valence-electron chi connectivity index (χ4n) is 3.42. The molecule has 29 heavy (non-hydrogen) atoms. The third-order valence-corrected chi connectivity index (χ3v) is 7.64. The van der Waals surface area contributed by atoms with Gasteiger partial charge in [0.05, 0.1) is 23.1 Å². The summed E-state index contributed by atoms with van der Waals surface area (Å²) in [5, 5.41) is 17.8. The Morgan fingerprint density at radius 1 is 1.14 bits per heavy atom. The molecule has 2 heterocycles. The maximum Gasteiger partial charge on any atom is 0.276 e. The van der Waals surface area contributed by atoms with E-state index in [4.69, 9.17) is 4.42 Å². The van der Waals surface area contributed by atoms with Crippen molar-refractivity contribution < 1.29 is 12.8 Å². The summed E-state index contributed by atoms with van der Waals surface area (Å²) in [6.07, 6.45) is 1.17. The number of nitrogens with zero attached hydrogens (tertiary/aromatic N) is 3. The Kier molecular flexibility index (Phi) is 5.69. The van der Waals surface area contributed by atoms with Crippen LogP contribution in [0, 0.1) is 17.2 Å². The maximum atomic E-state index is 11.6. The van der Waals surface area contributed by atoms with Crippen LogP contribution in [-0.4, -0.2) is 30.1 Å². The topological polar surface area (TPSA) is 96.9 Å². The van der Waals surface area contributed by atoms with E-state index in [9.17, 15) is 13.7 Å². The van der Waals surface area contributed by atoms with Crippen LogP contribution in [0.5, 0.6) is 0 Å². The summed E-state index contributed by atoms with van der Waals surface area (Å²) in [6, 6.07) is 17.8. The first kappa shape index (κ1) is 19.7. The van der Waals surface area contributed by atoms with E-state index in [1.807, 2.05) is 48.5 Å². The van der Waals surface area contributed by atoms with Gasteiger partial charge in [-0.05, 0) is 35.1 Å². The summed E-state index contributed by atoms with van der Waals surface area (Å²) in [5.74, 6) is 1.71. The molecule has 4 rings (SSSR count). The van der Waals surface area contributed by atoms with Gasteiger partial charge in [0.15, 0.2) is 9.84 Å². The Labute approximate surface area is 173 Å². The van der Waals surface area contributed by atoms with Crippen molar-refractivity contribution in [3.63, 3.8) is 0 Å². The number of nitriles is 1. The van der Waals surface area contributed by atoms with Crippen molar-refractivity contribution in [1.29, 1.82) is 5.26 Å². The van der Waals surface area contributed by atoms with E-state index in [2.05, 4.69) is 16.3 Å². The number of sulfone groups is 1. The number of benzene rings is 2. The Balaban J connectivity index is 1.35. The molecule has 1 aliphatic heterocycles. The first-order valence-electron chi connectivity index (χ1n) is 9.26. The number of rotatable bonds is 6. The van der Waals surface area contributed by atoms with Crippen LogP contribution in [-0.2, 0) is 22.0 Å². The highest BCUT2D eigenvalue weighted by molar-refractivity contribution is 7.98. The van der Waals surface area contributed by atoms with Crippen molar-refractivity contribution >= 4 is 21.6 Å². The minimum absolute atomic E-state index is 0.0714. The molecule has 2 aromatic carbocycles. The van der Waals surface area contributed by atoms with Crippen molar-refractivity contribution in [1.82, 2.24) is 10.2 Å². The zero-order chi connectivity index (χ0) is 20.3. The van der Waals surface area contributed by atoms with Gasteiger partial charge in [-0.1, -0.05) is 54.2 Å². The first-order chi connectivity index (χ1) is 14.0. The summed E-state index contributed by atoms with van der Waals surface area (Å²) in [6.45, 7) is 0. The highest BCUT2D eigenvalue weighted by atomic mass is 32.2. The van der Waals surface area contributed by atoms with Gasteiger partial charge in [0, 0.05) is 12.2 Å². The SMILES string of the molecule is N#Cc1ccccc1-c1ccc(CSc2nnc(CC3CCS(=O)(=O)C3)o2)cc1. The van der Waals surface area contributed by atoms with E-state index in [1.165, 1.54) is 11.8 Å². The summed E-state index contributed by atoms with van der Waals surface area (Å²) in [7, 11) is -2.90. The average molecular weight is 426 g/mol. The zero-order valence-electron chi connectivity index (χ0n) is 15.6. The third-order valence-electron chi connectivity index (χ3n) is 4.91. The van der Waals surface area contributed by atoms with Gasteiger partial charge in [-0.15, -0.1) is 10.2 Å². The molecule has 1 aliphatic rings. The van der Waals surface area contributed by atoms with Gasteiger partial charge in [-0.2, -0.15) is 5.26 Å². The van der Waals surface area contributed by atoms with Crippen molar-refractivity contribution in [3.05, 3.63) is 65.5 Å². The Morgan fingerprint density at radius 3 is 2.66 bits per heavy atom.